The van der Waals surface area contributed by atoms with Crippen molar-refractivity contribution in [2.24, 2.45) is 0 Å². The molecule has 0 saturated carbocycles. The van der Waals surface area contributed by atoms with Crippen LogP contribution in [0.3, 0.4) is 0 Å². The van der Waals surface area contributed by atoms with Crippen LogP contribution in [0, 0.1) is 11.3 Å². The monoisotopic (exact) mass is 614 g/mol. The number of nitriles is 1. The molecule has 0 spiro atoms. The first-order valence-corrected chi connectivity index (χ1v) is 14.6. The Morgan fingerprint density at radius 3 is 2.68 bits per heavy atom. The van der Waals surface area contributed by atoms with E-state index in [4.69, 9.17) is 45.4 Å². The Bertz CT molecular complexity index is 1350. The summed E-state index contributed by atoms with van der Waals surface area (Å²) in [5.74, 6) is -0.132. The number of hydrogen-bond donors (Lipinski definition) is 2. The first-order chi connectivity index (χ1) is 19.6. The maximum atomic E-state index is 13.2. The topological polar surface area (TPSA) is 95.2 Å². The minimum absolute atomic E-state index is 0.132. The first kappa shape index (κ1) is 32.4. The van der Waals surface area contributed by atoms with E-state index in [1.165, 1.54) is 0 Å². The predicted molar refractivity (Wildman–Crippen MR) is 167 cm³/mol. The van der Waals surface area contributed by atoms with E-state index >= 15 is 0 Å². The zero-order valence-electron chi connectivity index (χ0n) is 23.6. The van der Waals surface area contributed by atoms with E-state index in [0.29, 0.717) is 60.1 Å². The fourth-order valence-electron chi connectivity index (χ4n) is 4.32. The van der Waals surface area contributed by atoms with Gasteiger partial charge in [-0.3, -0.25) is 4.79 Å². The minimum Gasteiger partial charge on any atom is -0.382 e. The van der Waals surface area contributed by atoms with Crippen molar-refractivity contribution < 1.29 is 9.53 Å². The molecule has 0 atom stereocenters. The summed E-state index contributed by atoms with van der Waals surface area (Å²) in [6.07, 6.45) is 4.39. The fourth-order valence-corrected chi connectivity index (χ4v) is 4.93. The predicted octanol–water partition coefficient (Wildman–Crippen LogP) is 5.35. The molecule has 2 N–H and O–H groups in total. The zero-order chi connectivity index (χ0) is 29.8. The van der Waals surface area contributed by atoms with Gasteiger partial charge in [0, 0.05) is 51.3 Å². The van der Waals surface area contributed by atoms with Gasteiger partial charge in [0.15, 0.2) is 5.11 Å². The molecular formula is C30H36Cl2N6O2S. The van der Waals surface area contributed by atoms with Crippen LogP contribution >= 0.6 is 35.4 Å². The number of amides is 1. The number of hydrogen-bond acceptors (Lipinski definition) is 5. The molecule has 0 saturated heterocycles. The number of aromatic nitrogens is 2. The highest BCUT2D eigenvalue weighted by atomic mass is 35.5. The molecule has 11 heteroatoms. The molecule has 0 unspecified atom stereocenters. The molecule has 1 amide bonds. The molecule has 3 rings (SSSR count). The second kappa shape index (κ2) is 15.7. The second-order valence-corrected chi connectivity index (χ2v) is 11.5. The van der Waals surface area contributed by atoms with E-state index in [1.54, 1.807) is 30.7 Å². The number of imidazole rings is 1. The molecule has 0 fully saturated rings. The van der Waals surface area contributed by atoms with Crippen molar-refractivity contribution in [1.82, 2.24) is 25.1 Å². The first-order valence-electron chi connectivity index (χ1n) is 13.4. The highest BCUT2D eigenvalue weighted by molar-refractivity contribution is 7.80. The Labute approximate surface area is 257 Å². The lowest BCUT2D eigenvalue weighted by atomic mass is 10.0. The highest BCUT2D eigenvalue weighted by Gasteiger charge is 2.26. The van der Waals surface area contributed by atoms with Gasteiger partial charge in [-0.05, 0) is 68.7 Å². The summed E-state index contributed by atoms with van der Waals surface area (Å²) in [5, 5.41) is 17.0. The molecule has 1 aromatic heterocycles. The van der Waals surface area contributed by atoms with Crippen molar-refractivity contribution in [3.8, 4) is 6.07 Å². The van der Waals surface area contributed by atoms with E-state index in [2.05, 4.69) is 21.7 Å². The van der Waals surface area contributed by atoms with Crippen molar-refractivity contribution >= 4 is 46.4 Å². The third-order valence-corrected chi connectivity index (χ3v) is 7.53. The summed E-state index contributed by atoms with van der Waals surface area (Å²) >= 11 is 18.5. The average molecular weight is 616 g/mol. The maximum absolute atomic E-state index is 13.2. The van der Waals surface area contributed by atoms with Crippen molar-refractivity contribution in [3.05, 3.63) is 87.4 Å². The standard InChI is InChI=1S/C30H36Cl2N6O2S/c1-4-40-14-6-13-35-29(41)37(19-24-7-5-8-26(31)28(24)32)20-30(2,3)36-27(39)15-25-17-34-21-38(25)18-23-11-9-22(16-33)10-12-23/h5,7-12,17,21H,4,6,13-15,18-20H2,1-3H3,(H,35,41)(H,36,39). The van der Waals surface area contributed by atoms with Gasteiger partial charge >= 0.3 is 0 Å². The molecule has 3 aromatic rings. The molecule has 0 radical (unpaired) electrons. The van der Waals surface area contributed by atoms with Crippen LogP contribution < -0.4 is 10.6 Å². The van der Waals surface area contributed by atoms with Crippen LogP contribution in [-0.4, -0.2) is 57.3 Å². The van der Waals surface area contributed by atoms with Crippen LogP contribution in [0.5, 0.6) is 0 Å². The number of halogens is 2. The van der Waals surface area contributed by atoms with Crippen molar-refractivity contribution in [2.45, 2.75) is 52.2 Å². The van der Waals surface area contributed by atoms with Crippen molar-refractivity contribution in [1.29, 1.82) is 5.26 Å². The molecule has 0 aliphatic carbocycles. The van der Waals surface area contributed by atoms with Gasteiger partial charge in [-0.25, -0.2) is 4.98 Å². The van der Waals surface area contributed by atoms with E-state index in [-0.39, 0.29) is 12.3 Å². The number of nitrogens with zero attached hydrogens (tertiary/aromatic N) is 4. The van der Waals surface area contributed by atoms with Crippen LogP contribution in [0.4, 0.5) is 0 Å². The van der Waals surface area contributed by atoms with Crippen molar-refractivity contribution in [3.63, 3.8) is 0 Å². The highest BCUT2D eigenvalue weighted by Crippen LogP contribution is 2.27. The van der Waals surface area contributed by atoms with Crippen LogP contribution in [0.15, 0.2) is 55.0 Å². The van der Waals surface area contributed by atoms with Gasteiger partial charge in [0.2, 0.25) is 5.91 Å². The number of benzene rings is 2. The lowest BCUT2D eigenvalue weighted by Gasteiger charge is -2.35. The van der Waals surface area contributed by atoms with Gasteiger partial charge in [0.25, 0.3) is 0 Å². The number of ether oxygens (including phenoxy) is 1. The lowest BCUT2D eigenvalue weighted by Crippen LogP contribution is -2.54. The van der Waals surface area contributed by atoms with Crippen molar-refractivity contribution in [2.75, 3.05) is 26.3 Å². The van der Waals surface area contributed by atoms with Crippen LogP contribution in [0.2, 0.25) is 10.0 Å². The van der Waals surface area contributed by atoms with E-state index < -0.39 is 5.54 Å². The largest absolute Gasteiger partial charge is 0.382 e. The van der Waals surface area contributed by atoms with Crippen LogP contribution in [0.25, 0.3) is 0 Å². The summed E-state index contributed by atoms with van der Waals surface area (Å²) in [4.78, 5) is 19.4. The molecule has 2 aromatic carbocycles. The number of carbonyl (C=O) groups excluding carboxylic acids is 1. The number of thiocarbonyl (C=S) groups is 1. The quantitative estimate of drug-likeness (QED) is 0.187. The Morgan fingerprint density at radius 1 is 1.22 bits per heavy atom. The molecule has 218 valence electrons. The molecule has 1 heterocycles. The van der Waals surface area contributed by atoms with E-state index in [1.807, 2.05) is 54.5 Å². The summed E-state index contributed by atoms with van der Waals surface area (Å²) in [6, 6.07) is 15.0. The molecule has 41 heavy (non-hydrogen) atoms. The van der Waals surface area contributed by atoms with E-state index in [0.717, 1.165) is 23.2 Å². The Kier molecular flexibility index (Phi) is 12.4. The van der Waals surface area contributed by atoms with Gasteiger partial charge in [0.05, 0.1) is 40.0 Å². The molecule has 0 aliphatic rings. The van der Waals surface area contributed by atoms with Gasteiger partial charge < -0.3 is 24.8 Å². The third kappa shape index (κ3) is 10.3. The molecule has 8 nitrogen and oxygen atoms in total. The summed E-state index contributed by atoms with van der Waals surface area (Å²) in [7, 11) is 0. The summed E-state index contributed by atoms with van der Waals surface area (Å²) in [6.45, 7) is 9.28. The normalized spacial score (nSPS) is 11.1. The summed E-state index contributed by atoms with van der Waals surface area (Å²) in [5.41, 5.74) is 2.62. The van der Waals surface area contributed by atoms with Gasteiger partial charge in [-0.15, -0.1) is 0 Å². The smallest absolute Gasteiger partial charge is 0.226 e. The van der Waals surface area contributed by atoms with Gasteiger partial charge in [-0.2, -0.15) is 5.26 Å². The Balaban J connectivity index is 1.66. The minimum atomic E-state index is -0.628. The molecule has 0 aliphatic heterocycles. The Hall–Kier alpha value is -3.16. The van der Waals surface area contributed by atoms with Gasteiger partial charge in [0.1, 0.15) is 0 Å². The van der Waals surface area contributed by atoms with E-state index in [9.17, 15) is 4.79 Å². The number of nitrogens with one attached hydrogen (secondary N) is 2. The SMILES string of the molecule is CCOCCCNC(=S)N(Cc1cccc(Cl)c1Cl)CC(C)(C)NC(=O)Cc1cncn1Cc1ccc(C#N)cc1. The second-order valence-electron chi connectivity index (χ2n) is 10.3. The Morgan fingerprint density at radius 2 is 1.98 bits per heavy atom. The summed E-state index contributed by atoms with van der Waals surface area (Å²) < 4.78 is 7.36. The lowest BCUT2D eigenvalue weighted by molar-refractivity contribution is -0.122. The van der Waals surface area contributed by atoms with Gasteiger partial charge in [-0.1, -0.05) is 47.5 Å². The maximum Gasteiger partial charge on any atom is 0.226 e. The fraction of sp³-hybridized carbons (Fsp3) is 0.400. The average Bonchev–Trinajstić information content (AvgIpc) is 3.36. The zero-order valence-corrected chi connectivity index (χ0v) is 26.0. The molecular weight excluding hydrogens is 579 g/mol. The third-order valence-electron chi connectivity index (χ3n) is 6.27. The number of rotatable bonds is 14. The number of carbonyl (C=O) groups is 1. The van der Waals surface area contributed by atoms with Crippen LogP contribution in [0.1, 0.15) is 49.6 Å². The molecule has 0 bridgehead atoms. The van der Waals surface area contributed by atoms with Crippen LogP contribution in [-0.2, 0) is 29.0 Å².